The van der Waals surface area contributed by atoms with Gasteiger partial charge in [-0.25, -0.2) is 4.98 Å². The van der Waals surface area contributed by atoms with Crippen molar-refractivity contribution in [1.82, 2.24) is 14.5 Å². The number of rotatable bonds is 0. The molecule has 124 valence electrons. The van der Waals surface area contributed by atoms with Crippen molar-refractivity contribution >= 4 is 16.8 Å². The quantitative estimate of drug-likeness (QED) is 0.636. The number of fused-ring (bicyclic) bond motifs is 5. The van der Waals surface area contributed by atoms with Crippen molar-refractivity contribution in [2.75, 3.05) is 0 Å². The molecule has 0 fully saturated rings. The fraction of sp³-hybridized carbons (Fsp3) is 0.250. The van der Waals surface area contributed by atoms with Crippen molar-refractivity contribution in [2.24, 2.45) is 0 Å². The van der Waals surface area contributed by atoms with E-state index in [1.165, 1.54) is 11.1 Å². The zero-order valence-electron chi connectivity index (χ0n) is 13.8. The number of carbonyl (C=O) groups is 1. The Morgan fingerprint density at radius 1 is 1.00 bits per heavy atom. The summed E-state index contributed by atoms with van der Waals surface area (Å²) in [5.74, 6) is 0.691. The van der Waals surface area contributed by atoms with Crippen LogP contribution in [0.15, 0.2) is 53.3 Å². The molecule has 0 bridgehead atoms. The molecule has 0 N–H and O–H groups in total. The van der Waals surface area contributed by atoms with E-state index in [4.69, 9.17) is 4.98 Å². The van der Waals surface area contributed by atoms with Gasteiger partial charge in [-0.15, -0.1) is 0 Å². The van der Waals surface area contributed by atoms with Crippen LogP contribution < -0.4 is 5.56 Å². The maximum absolute atomic E-state index is 13.0. The summed E-state index contributed by atoms with van der Waals surface area (Å²) in [6.45, 7) is 2.37. The Morgan fingerprint density at radius 2 is 1.72 bits per heavy atom. The van der Waals surface area contributed by atoms with Crippen LogP contribution in [0.25, 0.3) is 10.9 Å². The van der Waals surface area contributed by atoms with Gasteiger partial charge in [-0.2, -0.15) is 0 Å². The molecular weight excluding hydrogens is 314 g/mol. The molecular formula is C20H17N3O2. The number of para-hydroxylation sites is 1. The molecule has 0 saturated heterocycles. The number of benzene rings is 2. The smallest absolute Gasteiger partial charge is 0.262 e. The van der Waals surface area contributed by atoms with Gasteiger partial charge in [0.15, 0.2) is 0 Å². The maximum atomic E-state index is 13.0. The first kappa shape index (κ1) is 14.4. The van der Waals surface area contributed by atoms with E-state index in [1.807, 2.05) is 35.2 Å². The van der Waals surface area contributed by atoms with Gasteiger partial charge in [0.05, 0.1) is 16.9 Å². The first-order valence-electron chi connectivity index (χ1n) is 8.53. The summed E-state index contributed by atoms with van der Waals surface area (Å²) in [5, 5.41) is 0.565. The van der Waals surface area contributed by atoms with Gasteiger partial charge in [0, 0.05) is 13.0 Å². The average molecular weight is 331 g/mol. The third kappa shape index (κ3) is 1.92. The number of carbonyl (C=O) groups excluding carboxylic acids is 1. The number of nitrogens with zero attached hydrogens (tertiary/aromatic N) is 3. The minimum Gasteiger partial charge on any atom is -0.326 e. The summed E-state index contributed by atoms with van der Waals surface area (Å²) in [4.78, 5) is 32.6. The lowest BCUT2D eigenvalue weighted by atomic mass is 9.91. The van der Waals surface area contributed by atoms with Gasteiger partial charge in [0.2, 0.25) is 5.91 Å². The maximum Gasteiger partial charge on any atom is 0.262 e. The largest absolute Gasteiger partial charge is 0.326 e. The van der Waals surface area contributed by atoms with Crippen LogP contribution >= 0.6 is 0 Å². The van der Waals surface area contributed by atoms with E-state index in [0.717, 1.165) is 0 Å². The summed E-state index contributed by atoms with van der Waals surface area (Å²) >= 11 is 0. The van der Waals surface area contributed by atoms with Gasteiger partial charge in [-0.1, -0.05) is 36.4 Å². The molecule has 2 aliphatic heterocycles. The first-order chi connectivity index (χ1) is 12.1. The molecule has 2 aromatic carbocycles. The van der Waals surface area contributed by atoms with Crippen molar-refractivity contribution in [3.63, 3.8) is 0 Å². The average Bonchev–Trinajstić information content (AvgIpc) is 2.65. The number of aromatic nitrogens is 2. The SMILES string of the molecule is C[C@H]1C(=O)N2Cc3ccccc3C[C@@H]2c2nc3ccccc3c(=O)n21. The van der Waals surface area contributed by atoms with Crippen LogP contribution in [0.5, 0.6) is 0 Å². The summed E-state index contributed by atoms with van der Waals surface area (Å²) in [6.07, 6.45) is 0.694. The lowest BCUT2D eigenvalue weighted by Gasteiger charge is -2.43. The molecule has 3 heterocycles. The monoisotopic (exact) mass is 331 g/mol. The highest BCUT2D eigenvalue weighted by atomic mass is 16.2. The lowest BCUT2D eigenvalue weighted by molar-refractivity contribution is -0.141. The van der Waals surface area contributed by atoms with E-state index in [0.29, 0.717) is 29.7 Å². The molecule has 5 rings (SSSR count). The van der Waals surface area contributed by atoms with Crippen LogP contribution in [-0.4, -0.2) is 20.4 Å². The van der Waals surface area contributed by atoms with Gasteiger partial charge < -0.3 is 4.90 Å². The van der Waals surface area contributed by atoms with Crippen LogP contribution in [0.4, 0.5) is 0 Å². The third-order valence-electron chi connectivity index (χ3n) is 5.41. The third-order valence-corrected chi connectivity index (χ3v) is 5.41. The second kappa shape index (κ2) is 5.02. The fourth-order valence-electron chi connectivity index (χ4n) is 4.11. The summed E-state index contributed by atoms with van der Waals surface area (Å²) in [7, 11) is 0. The number of amides is 1. The van der Waals surface area contributed by atoms with Crippen LogP contribution in [-0.2, 0) is 17.8 Å². The molecule has 0 saturated carbocycles. The van der Waals surface area contributed by atoms with Gasteiger partial charge in [-0.3, -0.25) is 14.2 Å². The molecule has 3 aromatic rings. The van der Waals surface area contributed by atoms with Crippen molar-refractivity contribution in [2.45, 2.75) is 32.0 Å². The lowest BCUT2D eigenvalue weighted by Crippen LogP contribution is -2.51. The Hall–Kier alpha value is -2.95. The van der Waals surface area contributed by atoms with Crippen LogP contribution in [0.1, 0.15) is 36.0 Å². The van der Waals surface area contributed by atoms with Gasteiger partial charge >= 0.3 is 0 Å². The highest BCUT2D eigenvalue weighted by Gasteiger charge is 2.41. The molecule has 1 amide bonds. The first-order valence-corrected chi connectivity index (χ1v) is 8.53. The Bertz CT molecular complexity index is 1090. The Balaban J connectivity index is 1.78. The molecule has 2 atom stereocenters. The number of hydrogen-bond acceptors (Lipinski definition) is 3. The van der Waals surface area contributed by atoms with E-state index in [-0.39, 0.29) is 17.5 Å². The zero-order chi connectivity index (χ0) is 17.1. The van der Waals surface area contributed by atoms with Crippen LogP contribution in [0.2, 0.25) is 0 Å². The second-order valence-corrected chi connectivity index (χ2v) is 6.79. The van der Waals surface area contributed by atoms with E-state index < -0.39 is 6.04 Å². The Kier molecular flexibility index (Phi) is 2.89. The van der Waals surface area contributed by atoms with Crippen molar-refractivity contribution < 1.29 is 4.79 Å². The molecule has 5 heteroatoms. The Labute approximate surface area is 144 Å². The molecule has 0 spiro atoms. The molecule has 0 aliphatic carbocycles. The predicted octanol–water partition coefficient (Wildman–Crippen LogP) is 2.60. The van der Waals surface area contributed by atoms with E-state index in [1.54, 1.807) is 17.6 Å². The van der Waals surface area contributed by atoms with Crippen molar-refractivity contribution in [3.8, 4) is 0 Å². The second-order valence-electron chi connectivity index (χ2n) is 6.79. The highest BCUT2D eigenvalue weighted by Crippen LogP contribution is 2.37. The standard InChI is InChI=1S/C20H17N3O2/c1-12-19(24)22-11-14-7-3-2-6-13(14)10-17(22)18-21-16-9-5-4-8-15(16)20(25)23(12)18/h2-9,12,17H,10-11H2,1H3/t12-,17+/m0/s1. The molecule has 2 aliphatic rings. The van der Waals surface area contributed by atoms with Gasteiger partial charge in [-0.05, 0) is 30.2 Å². The molecule has 0 radical (unpaired) electrons. The Morgan fingerprint density at radius 3 is 2.56 bits per heavy atom. The van der Waals surface area contributed by atoms with E-state index >= 15 is 0 Å². The van der Waals surface area contributed by atoms with Crippen LogP contribution in [0.3, 0.4) is 0 Å². The van der Waals surface area contributed by atoms with E-state index in [9.17, 15) is 9.59 Å². The fourth-order valence-corrected chi connectivity index (χ4v) is 4.11. The molecule has 25 heavy (non-hydrogen) atoms. The topological polar surface area (TPSA) is 55.2 Å². The summed E-state index contributed by atoms with van der Waals surface area (Å²) in [6, 6.07) is 14.8. The van der Waals surface area contributed by atoms with E-state index in [2.05, 4.69) is 12.1 Å². The van der Waals surface area contributed by atoms with Crippen LogP contribution in [0, 0.1) is 0 Å². The highest BCUT2D eigenvalue weighted by molar-refractivity contribution is 5.84. The minimum atomic E-state index is -0.527. The normalized spacial score (nSPS) is 21.6. The predicted molar refractivity (Wildman–Crippen MR) is 94.2 cm³/mol. The minimum absolute atomic E-state index is 0.00816. The molecule has 0 unspecified atom stereocenters. The van der Waals surface area contributed by atoms with Gasteiger partial charge in [0.25, 0.3) is 5.56 Å². The molecule has 5 nitrogen and oxygen atoms in total. The summed E-state index contributed by atoms with van der Waals surface area (Å²) in [5.41, 5.74) is 2.97. The van der Waals surface area contributed by atoms with Crippen molar-refractivity contribution in [3.05, 3.63) is 75.8 Å². The summed E-state index contributed by atoms with van der Waals surface area (Å²) < 4.78 is 1.60. The zero-order valence-corrected chi connectivity index (χ0v) is 13.8. The molecule has 1 aromatic heterocycles. The number of hydrogen-bond donors (Lipinski definition) is 0. The van der Waals surface area contributed by atoms with Gasteiger partial charge in [0.1, 0.15) is 11.9 Å². The van der Waals surface area contributed by atoms with Crippen molar-refractivity contribution in [1.29, 1.82) is 0 Å².